The Morgan fingerprint density at radius 2 is 1.68 bits per heavy atom. The van der Waals surface area contributed by atoms with Crippen molar-refractivity contribution in [2.45, 2.75) is 45.4 Å². The molecule has 0 atom stereocenters. The highest BCUT2D eigenvalue weighted by atomic mass is 32.1. The summed E-state index contributed by atoms with van der Waals surface area (Å²) in [6, 6.07) is 8.37. The Kier molecular flexibility index (Phi) is 5.80. The van der Waals surface area contributed by atoms with E-state index in [-0.39, 0.29) is 0 Å². The lowest BCUT2D eigenvalue weighted by Gasteiger charge is -1.98. The zero-order valence-electron chi connectivity index (χ0n) is 11.4. The molecule has 0 fully saturated rings. The van der Waals surface area contributed by atoms with E-state index in [0.717, 1.165) is 11.2 Å². The molecule has 0 N–H and O–H groups in total. The zero-order chi connectivity index (χ0) is 13.5. The number of carbonyl (C=O) groups is 1. The Morgan fingerprint density at radius 1 is 0.947 bits per heavy atom. The molecule has 0 unspecified atom stereocenters. The highest BCUT2D eigenvalue weighted by Gasteiger charge is 2.06. The molecule has 19 heavy (non-hydrogen) atoms. The van der Waals surface area contributed by atoms with Crippen molar-refractivity contribution in [2.24, 2.45) is 0 Å². The van der Waals surface area contributed by atoms with E-state index in [1.807, 2.05) is 23.5 Å². The van der Waals surface area contributed by atoms with Crippen molar-refractivity contribution in [3.63, 3.8) is 0 Å². The first kappa shape index (κ1) is 14.5. The number of aldehydes is 1. The van der Waals surface area contributed by atoms with Crippen LogP contribution in [0.1, 0.15) is 53.6 Å². The van der Waals surface area contributed by atoms with Gasteiger partial charge in [-0.05, 0) is 37.1 Å². The fourth-order valence-electron chi connectivity index (χ4n) is 2.10. The van der Waals surface area contributed by atoms with E-state index < -0.39 is 0 Å². The SMILES string of the molecule is CCCCCCCc1ccc(-c2ccc(C=O)s2)s1. The predicted molar refractivity (Wildman–Crippen MR) is 85.5 cm³/mol. The maximum atomic E-state index is 10.7. The second kappa shape index (κ2) is 7.61. The molecule has 2 aromatic heterocycles. The Morgan fingerprint density at radius 3 is 2.42 bits per heavy atom. The van der Waals surface area contributed by atoms with E-state index in [1.54, 1.807) is 11.3 Å². The fourth-order valence-corrected chi connectivity index (χ4v) is 4.06. The lowest BCUT2D eigenvalue weighted by molar-refractivity contribution is 0.112. The number of rotatable bonds is 8. The number of aryl methyl sites for hydroxylation is 1. The van der Waals surface area contributed by atoms with Crippen LogP contribution in [0.5, 0.6) is 0 Å². The molecule has 0 saturated carbocycles. The van der Waals surface area contributed by atoms with Gasteiger partial charge in [-0.25, -0.2) is 0 Å². The Labute approximate surface area is 123 Å². The summed E-state index contributed by atoms with van der Waals surface area (Å²) in [7, 11) is 0. The third-order valence-corrected chi connectivity index (χ3v) is 5.53. The van der Waals surface area contributed by atoms with Gasteiger partial charge in [-0.1, -0.05) is 32.6 Å². The first-order valence-electron chi connectivity index (χ1n) is 6.97. The van der Waals surface area contributed by atoms with E-state index in [0.29, 0.717) is 0 Å². The Hall–Kier alpha value is -0.930. The average molecular weight is 292 g/mol. The van der Waals surface area contributed by atoms with Gasteiger partial charge in [0.1, 0.15) is 0 Å². The predicted octanol–water partition coefficient (Wildman–Crippen LogP) is 5.80. The van der Waals surface area contributed by atoms with Crippen LogP contribution in [0.2, 0.25) is 0 Å². The van der Waals surface area contributed by atoms with Crippen LogP contribution in [0.3, 0.4) is 0 Å². The second-order valence-corrected chi connectivity index (χ2v) is 7.03. The molecule has 0 amide bonds. The molecule has 102 valence electrons. The van der Waals surface area contributed by atoms with Crippen molar-refractivity contribution in [3.05, 3.63) is 34.0 Å². The molecule has 0 bridgehead atoms. The zero-order valence-corrected chi connectivity index (χ0v) is 13.0. The molecule has 3 heteroatoms. The van der Waals surface area contributed by atoms with Gasteiger partial charge in [0, 0.05) is 14.6 Å². The maximum absolute atomic E-state index is 10.7. The van der Waals surface area contributed by atoms with Crippen molar-refractivity contribution in [2.75, 3.05) is 0 Å². The van der Waals surface area contributed by atoms with Crippen LogP contribution >= 0.6 is 22.7 Å². The summed E-state index contributed by atoms with van der Waals surface area (Å²) in [6.07, 6.45) is 8.79. The molecule has 0 aliphatic heterocycles. The normalized spacial score (nSPS) is 10.8. The van der Waals surface area contributed by atoms with Crippen LogP contribution < -0.4 is 0 Å². The van der Waals surface area contributed by atoms with Crippen molar-refractivity contribution in [1.29, 1.82) is 0 Å². The standard InChI is InChI=1S/C16H20OS2/c1-2-3-4-5-6-7-13-8-10-15(18-13)16-11-9-14(12-17)19-16/h8-12H,2-7H2,1H3. The van der Waals surface area contributed by atoms with E-state index >= 15 is 0 Å². The molecule has 0 radical (unpaired) electrons. The molecule has 2 rings (SSSR count). The van der Waals surface area contributed by atoms with E-state index in [1.165, 1.54) is 53.2 Å². The summed E-state index contributed by atoms with van der Waals surface area (Å²) in [6.45, 7) is 2.25. The summed E-state index contributed by atoms with van der Waals surface area (Å²) >= 11 is 3.44. The number of hydrogen-bond acceptors (Lipinski definition) is 3. The third kappa shape index (κ3) is 4.29. The highest BCUT2D eigenvalue weighted by molar-refractivity contribution is 7.22. The minimum Gasteiger partial charge on any atom is -0.297 e. The molecular formula is C16H20OS2. The first-order chi connectivity index (χ1) is 9.33. The molecule has 2 heterocycles. The van der Waals surface area contributed by atoms with Gasteiger partial charge >= 0.3 is 0 Å². The van der Waals surface area contributed by atoms with E-state index in [9.17, 15) is 4.79 Å². The van der Waals surface area contributed by atoms with Crippen molar-refractivity contribution >= 4 is 29.0 Å². The first-order valence-corrected chi connectivity index (χ1v) is 8.61. The minimum absolute atomic E-state index is 0.810. The van der Waals surface area contributed by atoms with Crippen molar-refractivity contribution < 1.29 is 4.79 Å². The molecule has 0 aromatic carbocycles. The average Bonchev–Trinajstić information content (AvgIpc) is 3.07. The topological polar surface area (TPSA) is 17.1 Å². The largest absolute Gasteiger partial charge is 0.297 e. The molecule has 0 saturated heterocycles. The lowest BCUT2D eigenvalue weighted by atomic mass is 10.1. The summed E-state index contributed by atoms with van der Waals surface area (Å²) in [5.74, 6) is 0. The molecule has 2 aromatic rings. The minimum atomic E-state index is 0.810. The molecule has 1 nitrogen and oxygen atoms in total. The summed E-state index contributed by atoms with van der Waals surface area (Å²) in [5, 5.41) is 0. The number of hydrogen-bond donors (Lipinski definition) is 0. The molecule has 0 aliphatic carbocycles. The Balaban J connectivity index is 1.86. The van der Waals surface area contributed by atoms with Crippen LogP contribution in [-0.2, 0) is 6.42 Å². The van der Waals surface area contributed by atoms with Crippen molar-refractivity contribution in [1.82, 2.24) is 0 Å². The van der Waals surface area contributed by atoms with Crippen LogP contribution in [0.25, 0.3) is 9.75 Å². The van der Waals surface area contributed by atoms with Crippen molar-refractivity contribution in [3.8, 4) is 9.75 Å². The van der Waals surface area contributed by atoms with Gasteiger partial charge in [0.2, 0.25) is 0 Å². The van der Waals surface area contributed by atoms with Gasteiger partial charge in [0.05, 0.1) is 4.88 Å². The quantitative estimate of drug-likeness (QED) is 0.444. The Bertz CT molecular complexity index is 510. The van der Waals surface area contributed by atoms with Gasteiger partial charge in [-0.3, -0.25) is 4.79 Å². The smallest absolute Gasteiger partial charge is 0.160 e. The number of unbranched alkanes of at least 4 members (excludes halogenated alkanes) is 4. The van der Waals surface area contributed by atoms with Gasteiger partial charge in [0.25, 0.3) is 0 Å². The third-order valence-electron chi connectivity index (χ3n) is 3.17. The summed E-state index contributed by atoms with van der Waals surface area (Å²) in [4.78, 5) is 15.5. The highest BCUT2D eigenvalue weighted by Crippen LogP contribution is 2.33. The summed E-state index contributed by atoms with van der Waals surface area (Å²) in [5.41, 5.74) is 0. The fraction of sp³-hybridized carbons (Fsp3) is 0.438. The maximum Gasteiger partial charge on any atom is 0.160 e. The second-order valence-electron chi connectivity index (χ2n) is 4.75. The lowest BCUT2D eigenvalue weighted by Crippen LogP contribution is -1.81. The van der Waals surface area contributed by atoms with E-state index in [4.69, 9.17) is 0 Å². The molecule has 0 spiro atoms. The van der Waals surface area contributed by atoms with Gasteiger partial charge in [0.15, 0.2) is 6.29 Å². The number of carbonyl (C=O) groups excluding carboxylic acids is 1. The van der Waals surface area contributed by atoms with E-state index in [2.05, 4.69) is 19.1 Å². The van der Waals surface area contributed by atoms with Gasteiger partial charge in [-0.15, -0.1) is 22.7 Å². The monoisotopic (exact) mass is 292 g/mol. The summed E-state index contributed by atoms with van der Waals surface area (Å²) < 4.78 is 0. The van der Waals surface area contributed by atoms with Crippen LogP contribution in [-0.4, -0.2) is 6.29 Å². The number of thiophene rings is 2. The van der Waals surface area contributed by atoms with Gasteiger partial charge in [-0.2, -0.15) is 0 Å². The molecular weight excluding hydrogens is 272 g/mol. The van der Waals surface area contributed by atoms with Gasteiger partial charge < -0.3 is 0 Å². The van der Waals surface area contributed by atoms with Crippen LogP contribution in [0, 0.1) is 0 Å². The van der Waals surface area contributed by atoms with Crippen LogP contribution in [0.4, 0.5) is 0 Å². The molecule has 0 aliphatic rings. The van der Waals surface area contributed by atoms with Crippen LogP contribution in [0.15, 0.2) is 24.3 Å².